The highest BCUT2D eigenvalue weighted by atomic mass is 31.0. The topological polar surface area (TPSA) is 0 Å². The molecule has 0 aromatic heterocycles. The van der Waals surface area contributed by atoms with Crippen LogP contribution in [-0.4, -0.2) is 6.16 Å². The summed E-state index contributed by atoms with van der Waals surface area (Å²) in [5, 5.41) is 0. The predicted molar refractivity (Wildman–Crippen MR) is 71.2 cm³/mol. The number of hydrogen-bond acceptors (Lipinski definition) is 0. The molecule has 0 spiro atoms. The van der Waals surface area contributed by atoms with E-state index in [4.69, 9.17) is 0 Å². The molecule has 1 unspecified atom stereocenters. The van der Waals surface area contributed by atoms with Gasteiger partial charge in [-0.1, -0.05) is 51.4 Å². The molecule has 0 aliphatic heterocycles. The summed E-state index contributed by atoms with van der Waals surface area (Å²) >= 11 is 0. The third-order valence-corrected chi connectivity index (χ3v) is 5.16. The van der Waals surface area contributed by atoms with Gasteiger partial charge >= 0.3 is 0 Å². The molecular formula is C14H27P. The van der Waals surface area contributed by atoms with Crippen LogP contribution in [0.2, 0.25) is 0 Å². The van der Waals surface area contributed by atoms with Gasteiger partial charge in [0.2, 0.25) is 0 Å². The molecule has 0 aromatic rings. The van der Waals surface area contributed by atoms with E-state index in [1.807, 2.05) is 0 Å². The van der Waals surface area contributed by atoms with E-state index in [1.165, 1.54) is 44.7 Å². The van der Waals surface area contributed by atoms with Crippen molar-refractivity contribution in [3.8, 4) is 0 Å². The van der Waals surface area contributed by atoms with E-state index in [1.54, 1.807) is 25.7 Å². The molecule has 2 rings (SSSR count). The Morgan fingerprint density at radius 3 is 1.73 bits per heavy atom. The van der Waals surface area contributed by atoms with Gasteiger partial charge < -0.3 is 0 Å². The zero-order valence-electron chi connectivity index (χ0n) is 10.1. The van der Waals surface area contributed by atoms with E-state index < -0.39 is 0 Å². The van der Waals surface area contributed by atoms with Crippen LogP contribution in [-0.2, 0) is 0 Å². The maximum atomic E-state index is 2.90. The Balaban J connectivity index is 1.88. The molecule has 88 valence electrons. The highest BCUT2D eigenvalue weighted by Gasteiger charge is 2.32. The molecule has 0 bridgehead atoms. The first-order chi connectivity index (χ1) is 7.42. The summed E-state index contributed by atoms with van der Waals surface area (Å²) in [6, 6.07) is 0. The van der Waals surface area contributed by atoms with Crippen molar-refractivity contribution in [2.45, 2.75) is 64.2 Å². The average Bonchev–Trinajstić information content (AvgIpc) is 2.90. The van der Waals surface area contributed by atoms with Gasteiger partial charge in [0.25, 0.3) is 0 Å². The van der Waals surface area contributed by atoms with Crippen LogP contribution >= 0.6 is 9.24 Å². The fraction of sp³-hybridized carbons (Fsp3) is 1.00. The standard InChI is InChI=1S/C14H27P/c15-11-5-10-14(12-6-1-2-7-12)13-8-3-4-9-13/h12-14H,1-11,15H2. The van der Waals surface area contributed by atoms with Gasteiger partial charge in [-0.3, -0.25) is 0 Å². The minimum Gasteiger partial charge on any atom is -0.138 e. The van der Waals surface area contributed by atoms with Crippen LogP contribution in [0.3, 0.4) is 0 Å². The lowest BCUT2D eigenvalue weighted by Crippen LogP contribution is -2.20. The minimum absolute atomic E-state index is 1.11. The maximum Gasteiger partial charge on any atom is -0.0357 e. The van der Waals surface area contributed by atoms with Gasteiger partial charge in [-0.15, -0.1) is 9.24 Å². The SMILES string of the molecule is PCCCC(C1CCCC1)C1CCCC1. The molecule has 1 atom stereocenters. The smallest absolute Gasteiger partial charge is 0.0357 e. The second kappa shape index (κ2) is 6.24. The second-order valence-corrected chi connectivity index (χ2v) is 6.26. The summed E-state index contributed by atoms with van der Waals surface area (Å²) in [5.74, 6) is 3.34. The highest BCUT2D eigenvalue weighted by Crippen LogP contribution is 2.43. The molecule has 15 heavy (non-hydrogen) atoms. The molecule has 0 nitrogen and oxygen atoms in total. The summed E-state index contributed by atoms with van der Waals surface area (Å²) in [7, 11) is 2.90. The molecule has 2 aliphatic carbocycles. The Morgan fingerprint density at radius 2 is 1.33 bits per heavy atom. The van der Waals surface area contributed by atoms with Crippen molar-refractivity contribution in [3.63, 3.8) is 0 Å². The third-order valence-electron chi connectivity index (χ3n) is 4.75. The van der Waals surface area contributed by atoms with Crippen molar-refractivity contribution in [1.82, 2.24) is 0 Å². The largest absolute Gasteiger partial charge is 0.138 e. The van der Waals surface area contributed by atoms with Crippen LogP contribution in [0.4, 0.5) is 0 Å². The molecule has 0 saturated heterocycles. The van der Waals surface area contributed by atoms with Crippen molar-refractivity contribution in [2.24, 2.45) is 17.8 Å². The Kier molecular flexibility index (Phi) is 4.95. The van der Waals surface area contributed by atoms with Gasteiger partial charge in [0.05, 0.1) is 0 Å². The normalized spacial score (nSPS) is 24.4. The van der Waals surface area contributed by atoms with E-state index >= 15 is 0 Å². The quantitative estimate of drug-likeness (QED) is 0.599. The van der Waals surface area contributed by atoms with Crippen LogP contribution in [0.1, 0.15) is 64.2 Å². The van der Waals surface area contributed by atoms with Crippen molar-refractivity contribution >= 4 is 9.24 Å². The lowest BCUT2D eigenvalue weighted by Gasteiger charge is -2.29. The van der Waals surface area contributed by atoms with Crippen LogP contribution in [0.15, 0.2) is 0 Å². The fourth-order valence-electron chi connectivity index (χ4n) is 3.98. The molecule has 2 saturated carbocycles. The summed E-state index contributed by atoms with van der Waals surface area (Å²) in [4.78, 5) is 0. The summed E-state index contributed by atoms with van der Waals surface area (Å²) in [5.41, 5.74) is 0. The van der Waals surface area contributed by atoms with Gasteiger partial charge in [-0.2, -0.15) is 0 Å². The second-order valence-electron chi connectivity index (χ2n) is 5.68. The van der Waals surface area contributed by atoms with Crippen LogP contribution in [0, 0.1) is 17.8 Å². The van der Waals surface area contributed by atoms with Crippen LogP contribution in [0.5, 0.6) is 0 Å². The molecular weight excluding hydrogens is 199 g/mol. The third kappa shape index (κ3) is 3.19. The lowest BCUT2D eigenvalue weighted by molar-refractivity contribution is 0.215. The van der Waals surface area contributed by atoms with E-state index in [9.17, 15) is 0 Å². The molecule has 0 aromatic carbocycles. The molecule has 1 heteroatoms. The Labute approximate surface area is 97.8 Å². The predicted octanol–water partition coefficient (Wildman–Crippen LogP) is 4.64. The summed E-state index contributed by atoms with van der Waals surface area (Å²) in [6.45, 7) is 0. The Bertz CT molecular complexity index is 150. The van der Waals surface area contributed by atoms with Gasteiger partial charge in [-0.05, 0) is 36.8 Å². The van der Waals surface area contributed by atoms with Gasteiger partial charge in [0.15, 0.2) is 0 Å². The van der Waals surface area contributed by atoms with E-state index in [0.29, 0.717) is 0 Å². The van der Waals surface area contributed by atoms with Gasteiger partial charge in [-0.25, -0.2) is 0 Å². The molecule has 0 amide bonds. The Morgan fingerprint density at radius 1 is 0.867 bits per heavy atom. The van der Waals surface area contributed by atoms with Crippen LogP contribution < -0.4 is 0 Å². The van der Waals surface area contributed by atoms with E-state index in [0.717, 1.165) is 17.8 Å². The van der Waals surface area contributed by atoms with Gasteiger partial charge in [0, 0.05) is 0 Å². The monoisotopic (exact) mass is 226 g/mol. The van der Waals surface area contributed by atoms with Crippen molar-refractivity contribution in [1.29, 1.82) is 0 Å². The minimum atomic E-state index is 1.11. The van der Waals surface area contributed by atoms with E-state index in [-0.39, 0.29) is 0 Å². The molecule has 2 aliphatic rings. The summed E-state index contributed by atoms with van der Waals surface area (Å²) < 4.78 is 0. The molecule has 0 heterocycles. The van der Waals surface area contributed by atoms with Crippen LogP contribution in [0.25, 0.3) is 0 Å². The molecule has 0 radical (unpaired) electrons. The highest BCUT2D eigenvalue weighted by molar-refractivity contribution is 7.16. The fourth-order valence-corrected chi connectivity index (χ4v) is 4.22. The van der Waals surface area contributed by atoms with Crippen molar-refractivity contribution in [2.75, 3.05) is 6.16 Å². The Hall–Kier alpha value is 0.430. The number of hydrogen-bond donors (Lipinski definition) is 0. The zero-order valence-corrected chi connectivity index (χ0v) is 11.2. The first-order valence-electron chi connectivity index (χ1n) is 7.12. The molecule has 0 N–H and O–H groups in total. The first kappa shape index (κ1) is 11.9. The van der Waals surface area contributed by atoms with E-state index in [2.05, 4.69) is 9.24 Å². The van der Waals surface area contributed by atoms with Crippen molar-refractivity contribution < 1.29 is 0 Å². The zero-order chi connectivity index (χ0) is 10.5. The first-order valence-corrected chi connectivity index (χ1v) is 7.93. The lowest BCUT2D eigenvalue weighted by atomic mass is 9.77. The number of rotatable bonds is 5. The summed E-state index contributed by atoms with van der Waals surface area (Å²) in [6.07, 6.45) is 16.6. The average molecular weight is 226 g/mol. The van der Waals surface area contributed by atoms with Crippen molar-refractivity contribution in [3.05, 3.63) is 0 Å². The molecule has 2 fully saturated rings. The van der Waals surface area contributed by atoms with Gasteiger partial charge in [0.1, 0.15) is 0 Å². The maximum absolute atomic E-state index is 2.90.